The van der Waals surface area contributed by atoms with Gasteiger partial charge in [0.25, 0.3) is 0 Å². The van der Waals surface area contributed by atoms with Gasteiger partial charge in [-0.1, -0.05) is 26.0 Å². The molecule has 5 nitrogen and oxygen atoms in total. The van der Waals surface area contributed by atoms with E-state index in [9.17, 15) is 13.2 Å². The average molecular weight is 300 g/mol. The Labute approximate surface area is 119 Å². The van der Waals surface area contributed by atoms with Crippen molar-refractivity contribution in [3.8, 4) is 17.0 Å². The van der Waals surface area contributed by atoms with E-state index < -0.39 is 6.36 Å². The predicted molar refractivity (Wildman–Crippen MR) is 73.0 cm³/mol. The molecule has 1 aromatic heterocycles. The van der Waals surface area contributed by atoms with Crippen molar-refractivity contribution < 1.29 is 17.9 Å². The third-order valence-corrected chi connectivity index (χ3v) is 2.86. The molecule has 0 saturated heterocycles. The van der Waals surface area contributed by atoms with E-state index in [0.29, 0.717) is 5.82 Å². The smallest absolute Gasteiger partial charge is 0.405 e. The number of anilines is 1. The molecule has 1 aromatic carbocycles. The van der Waals surface area contributed by atoms with Crippen LogP contribution >= 0.6 is 0 Å². The molecule has 4 N–H and O–H groups in total. The Morgan fingerprint density at radius 3 is 2.38 bits per heavy atom. The Morgan fingerprint density at radius 1 is 1.24 bits per heavy atom. The van der Waals surface area contributed by atoms with Crippen molar-refractivity contribution in [1.82, 2.24) is 9.66 Å². The molecule has 0 unspecified atom stereocenters. The zero-order chi connectivity index (χ0) is 15.8. The fourth-order valence-electron chi connectivity index (χ4n) is 1.94. The van der Waals surface area contributed by atoms with Crippen LogP contribution in [0.5, 0.6) is 5.75 Å². The average Bonchev–Trinajstić information content (AvgIpc) is 2.65. The summed E-state index contributed by atoms with van der Waals surface area (Å²) in [5, 5.41) is 0. The minimum atomic E-state index is -4.79. The highest BCUT2D eigenvalue weighted by molar-refractivity contribution is 5.76. The molecule has 0 aliphatic rings. The Kier molecular flexibility index (Phi) is 3.71. The van der Waals surface area contributed by atoms with Crippen LogP contribution in [0, 0.1) is 0 Å². The summed E-state index contributed by atoms with van der Waals surface area (Å²) in [7, 11) is 0. The van der Waals surface area contributed by atoms with Crippen LogP contribution in [-0.4, -0.2) is 16.0 Å². The van der Waals surface area contributed by atoms with Crippen molar-refractivity contribution in [3.63, 3.8) is 0 Å². The van der Waals surface area contributed by atoms with Crippen LogP contribution in [0.4, 0.5) is 19.0 Å². The number of halogens is 3. The molecule has 21 heavy (non-hydrogen) atoms. The number of benzene rings is 1. The van der Waals surface area contributed by atoms with Crippen molar-refractivity contribution in [2.24, 2.45) is 0 Å². The molecule has 0 atom stereocenters. The molecular weight excluding hydrogens is 285 g/mol. The van der Waals surface area contributed by atoms with Crippen molar-refractivity contribution >= 4 is 5.82 Å². The van der Waals surface area contributed by atoms with Crippen molar-refractivity contribution in [2.45, 2.75) is 26.1 Å². The number of rotatable bonds is 3. The Balaban J connectivity index is 2.55. The lowest BCUT2D eigenvalue weighted by atomic mass is 10.1. The van der Waals surface area contributed by atoms with E-state index in [1.165, 1.54) is 22.9 Å². The first-order valence-electron chi connectivity index (χ1n) is 6.19. The number of nitrogen functional groups attached to an aromatic ring is 2. The second-order valence-corrected chi connectivity index (χ2v) is 4.77. The topological polar surface area (TPSA) is 79.1 Å². The first-order valence-corrected chi connectivity index (χ1v) is 6.19. The van der Waals surface area contributed by atoms with Gasteiger partial charge in [-0.3, -0.25) is 0 Å². The van der Waals surface area contributed by atoms with Crippen LogP contribution in [0.3, 0.4) is 0 Å². The number of alkyl halides is 3. The van der Waals surface area contributed by atoms with Gasteiger partial charge in [-0.25, -0.2) is 9.66 Å². The summed E-state index contributed by atoms with van der Waals surface area (Å²) in [6.45, 7) is 3.71. The quantitative estimate of drug-likeness (QED) is 0.854. The molecule has 8 heteroatoms. The van der Waals surface area contributed by atoms with Gasteiger partial charge in [-0.2, -0.15) is 0 Å². The molecular formula is C13H15F3N4O. The van der Waals surface area contributed by atoms with Gasteiger partial charge in [-0.05, 0) is 12.1 Å². The minimum Gasteiger partial charge on any atom is -0.405 e. The maximum atomic E-state index is 12.4. The first-order chi connectivity index (χ1) is 9.70. The molecule has 0 amide bonds. The third kappa shape index (κ3) is 3.04. The fraction of sp³-hybridized carbons (Fsp3) is 0.308. The highest BCUT2D eigenvalue weighted by atomic mass is 19.4. The molecule has 0 saturated carbocycles. The molecule has 0 aliphatic carbocycles. The van der Waals surface area contributed by atoms with Crippen LogP contribution in [0.15, 0.2) is 24.3 Å². The molecule has 0 fully saturated rings. The lowest BCUT2D eigenvalue weighted by Crippen LogP contribution is -2.18. The summed E-state index contributed by atoms with van der Waals surface area (Å²) in [4.78, 5) is 4.24. The largest absolute Gasteiger partial charge is 0.573 e. The maximum absolute atomic E-state index is 12.4. The monoisotopic (exact) mass is 300 g/mol. The van der Waals surface area contributed by atoms with E-state index in [-0.39, 0.29) is 28.7 Å². The second-order valence-electron chi connectivity index (χ2n) is 4.77. The molecule has 2 aromatic rings. The van der Waals surface area contributed by atoms with E-state index in [2.05, 4.69) is 9.72 Å². The zero-order valence-electron chi connectivity index (χ0n) is 11.5. The van der Waals surface area contributed by atoms with Gasteiger partial charge in [0.15, 0.2) is 5.82 Å². The van der Waals surface area contributed by atoms with E-state index in [1.807, 2.05) is 13.8 Å². The van der Waals surface area contributed by atoms with Crippen molar-refractivity contribution in [3.05, 3.63) is 30.1 Å². The van der Waals surface area contributed by atoms with Gasteiger partial charge in [0.05, 0.1) is 0 Å². The van der Waals surface area contributed by atoms with Crippen LogP contribution in [0.2, 0.25) is 0 Å². The SMILES string of the molecule is CC(C)c1nc(-c2ccccc2OC(F)(F)F)c(N)n1N. The summed E-state index contributed by atoms with van der Waals surface area (Å²) in [5.41, 5.74) is 6.15. The van der Waals surface area contributed by atoms with E-state index in [0.717, 1.165) is 0 Å². The molecule has 114 valence electrons. The number of ether oxygens (including phenoxy) is 1. The zero-order valence-corrected chi connectivity index (χ0v) is 11.5. The number of aromatic nitrogens is 2. The standard InChI is InChI=1S/C13H15F3N4O/c1-7(2)12-19-10(11(17)20(12)18)8-5-3-4-6-9(8)21-13(14,15)16/h3-7H,17-18H2,1-2H3. The van der Waals surface area contributed by atoms with Gasteiger partial charge in [0, 0.05) is 11.5 Å². The lowest BCUT2D eigenvalue weighted by molar-refractivity contribution is -0.274. The predicted octanol–water partition coefficient (Wildman–Crippen LogP) is 2.87. The molecule has 0 spiro atoms. The number of hydrogen-bond acceptors (Lipinski definition) is 4. The second kappa shape index (κ2) is 5.19. The van der Waals surface area contributed by atoms with Gasteiger partial charge in [-0.15, -0.1) is 13.2 Å². The Morgan fingerprint density at radius 2 is 1.86 bits per heavy atom. The number of hydrogen-bond donors (Lipinski definition) is 2. The summed E-state index contributed by atoms with van der Waals surface area (Å²) in [6.07, 6.45) is -4.79. The molecule has 2 rings (SSSR count). The van der Waals surface area contributed by atoms with E-state index >= 15 is 0 Å². The number of imidazole rings is 1. The number of nitrogens with zero attached hydrogens (tertiary/aromatic N) is 2. The highest BCUT2D eigenvalue weighted by Gasteiger charge is 2.33. The van der Waals surface area contributed by atoms with Gasteiger partial charge in [0.2, 0.25) is 0 Å². The van der Waals surface area contributed by atoms with Crippen molar-refractivity contribution in [1.29, 1.82) is 0 Å². The van der Waals surface area contributed by atoms with Crippen LogP contribution in [0.1, 0.15) is 25.6 Å². The molecule has 0 bridgehead atoms. The lowest BCUT2D eigenvalue weighted by Gasteiger charge is -2.12. The Bertz CT molecular complexity index is 649. The normalized spacial score (nSPS) is 11.9. The molecule has 0 radical (unpaired) electrons. The highest BCUT2D eigenvalue weighted by Crippen LogP contribution is 2.36. The summed E-state index contributed by atoms with van der Waals surface area (Å²) in [5.74, 6) is 5.95. The maximum Gasteiger partial charge on any atom is 0.573 e. The number of nitrogens with two attached hydrogens (primary N) is 2. The van der Waals surface area contributed by atoms with Gasteiger partial charge >= 0.3 is 6.36 Å². The van der Waals surface area contributed by atoms with Crippen LogP contribution < -0.4 is 16.3 Å². The van der Waals surface area contributed by atoms with Crippen LogP contribution in [-0.2, 0) is 0 Å². The van der Waals surface area contributed by atoms with Gasteiger partial charge in [0.1, 0.15) is 17.3 Å². The van der Waals surface area contributed by atoms with E-state index in [1.54, 1.807) is 6.07 Å². The first kappa shape index (κ1) is 15.0. The summed E-state index contributed by atoms with van der Waals surface area (Å²) < 4.78 is 42.5. The minimum absolute atomic E-state index is 0.0262. The third-order valence-electron chi connectivity index (χ3n) is 2.86. The Hall–Kier alpha value is -2.38. The fourth-order valence-corrected chi connectivity index (χ4v) is 1.94. The summed E-state index contributed by atoms with van der Waals surface area (Å²) >= 11 is 0. The number of para-hydroxylation sites is 1. The molecule has 1 heterocycles. The van der Waals surface area contributed by atoms with Crippen LogP contribution in [0.25, 0.3) is 11.3 Å². The van der Waals surface area contributed by atoms with Crippen molar-refractivity contribution in [2.75, 3.05) is 11.6 Å². The molecule has 0 aliphatic heterocycles. The van der Waals surface area contributed by atoms with Gasteiger partial charge < -0.3 is 16.3 Å². The van der Waals surface area contributed by atoms with E-state index in [4.69, 9.17) is 11.6 Å². The summed E-state index contributed by atoms with van der Waals surface area (Å²) in [6, 6.07) is 5.66.